The molecule has 3 rings (SSSR count). The number of carbonyl (C=O) groups is 1. The molecule has 1 aliphatic rings. The third-order valence-corrected chi connectivity index (χ3v) is 5.76. The quantitative estimate of drug-likeness (QED) is 0.491. The van der Waals surface area contributed by atoms with Crippen molar-refractivity contribution in [1.82, 2.24) is 9.97 Å². The van der Waals surface area contributed by atoms with Crippen molar-refractivity contribution in [3.8, 4) is 23.2 Å². The number of aryl methyl sites for hydroxylation is 1. The van der Waals surface area contributed by atoms with Crippen LogP contribution in [0.3, 0.4) is 0 Å². The second-order valence-corrected chi connectivity index (χ2v) is 8.41. The molecule has 170 valence electrons. The molecule has 1 aliphatic carbocycles. The van der Waals surface area contributed by atoms with Gasteiger partial charge in [-0.05, 0) is 68.7 Å². The number of hydrogen-bond acceptors (Lipinski definition) is 6. The molecule has 32 heavy (non-hydrogen) atoms. The van der Waals surface area contributed by atoms with Crippen molar-refractivity contribution in [3.63, 3.8) is 0 Å². The minimum Gasteiger partial charge on any atom is -0.492 e. The number of esters is 1. The van der Waals surface area contributed by atoms with Gasteiger partial charge >= 0.3 is 5.97 Å². The normalized spacial score (nSPS) is 19.1. The van der Waals surface area contributed by atoms with Crippen LogP contribution in [0.1, 0.15) is 63.0 Å². The van der Waals surface area contributed by atoms with Crippen LogP contribution in [0.4, 0.5) is 4.39 Å². The van der Waals surface area contributed by atoms with Crippen LogP contribution in [0.15, 0.2) is 30.6 Å². The molecule has 0 unspecified atom stereocenters. The SMILES string of the molecule is CCCC[C@H](F)C(=O)OC1CCC(COc2ccc(-c3ncc(C)cn3)cc2C#N)CC1. The van der Waals surface area contributed by atoms with Crippen LogP contribution < -0.4 is 4.74 Å². The van der Waals surface area contributed by atoms with Gasteiger partial charge < -0.3 is 9.47 Å². The molecule has 2 aromatic rings. The molecule has 1 fully saturated rings. The maximum Gasteiger partial charge on any atom is 0.340 e. The van der Waals surface area contributed by atoms with E-state index in [1.54, 1.807) is 24.5 Å². The molecule has 1 aromatic carbocycles. The van der Waals surface area contributed by atoms with E-state index in [0.29, 0.717) is 48.9 Å². The first kappa shape index (κ1) is 23.6. The fraction of sp³-hybridized carbons (Fsp3) is 0.520. The number of rotatable bonds is 9. The molecule has 1 heterocycles. The van der Waals surface area contributed by atoms with Crippen molar-refractivity contribution in [2.24, 2.45) is 5.92 Å². The summed E-state index contributed by atoms with van der Waals surface area (Å²) in [5.74, 6) is 0.678. The highest BCUT2D eigenvalue weighted by Gasteiger charge is 2.27. The van der Waals surface area contributed by atoms with Gasteiger partial charge in [-0.1, -0.05) is 19.8 Å². The number of carbonyl (C=O) groups excluding carboxylic acids is 1. The zero-order valence-electron chi connectivity index (χ0n) is 18.7. The highest BCUT2D eigenvalue weighted by molar-refractivity contribution is 5.74. The van der Waals surface area contributed by atoms with Crippen molar-refractivity contribution in [2.75, 3.05) is 6.61 Å². The number of alkyl halides is 1. The van der Waals surface area contributed by atoms with Crippen molar-refractivity contribution in [2.45, 2.75) is 71.1 Å². The number of nitrogens with zero attached hydrogens (tertiary/aromatic N) is 3. The van der Waals surface area contributed by atoms with Crippen LogP contribution in [0.2, 0.25) is 0 Å². The smallest absolute Gasteiger partial charge is 0.340 e. The van der Waals surface area contributed by atoms with E-state index in [2.05, 4.69) is 16.0 Å². The molecule has 0 aliphatic heterocycles. The Morgan fingerprint density at radius 1 is 1.25 bits per heavy atom. The van der Waals surface area contributed by atoms with Gasteiger partial charge in [-0.3, -0.25) is 0 Å². The van der Waals surface area contributed by atoms with Gasteiger partial charge in [0.15, 0.2) is 12.0 Å². The monoisotopic (exact) mass is 439 g/mol. The van der Waals surface area contributed by atoms with Gasteiger partial charge in [0.1, 0.15) is 17.9 Å². The molecule has 7 heteroatoms. The summed E-state index contributed by atoms with van der Waals surface area (Å²) in [6.07, 6.45) is 6.59. The van der Waals surface area contributed by atoms with Crippen molar-refractivity contribution >= 4 is 5.97 Å². The lowest BCUT2D eigenvalue weighted by Crippen LogP contribution is -2.30. The molecule has 0 N–H and O–H groups in total. The lowest BCUT2D eigenvalue weighted by Gasteiger charge is -2.28. The Hall–Kier alpha value is -3.01. The van der Waals surface area contributed by atoms with E-state index in [-0.39, 0.29) is 12.5 Å². The molecule has 0 radical (unpaired) electrons. The van der Waals surface area contributed by atoms with Crippen LogP contribution in [-0.4, -0.2) is 34.8 Å². The minimum absolute atomic E-state index is 0.220. The third-order valence-electron chi connectivity index (χ3n) is 5.76. The van der Waals surface area contributed by atoms with E-state index < -0.39 is 12.1 Å². The van der Waals surface area contributed by atoms with Crippen LogP contribution in [0.5, 0.6) is 5.75 Å². The number of benzene rings is 1. The summed E-state index contributed by atoms with van der Waals surface area (Å²) in [7, 11) is 0. The Labute approximate surface area is 188 Å². The summed E-state index contributed by atoms with van der Waals surface area (Å²) in [6.45, 7) is 4.37. The average Bonchev–Trinajstić information content (AvgIpc) is 2.82. The summed E-state index contributed by atoms with van der Waals surface area (Å²) in [5, 5.41) is 9.54. The first-order valence-electron chi connectivity index (χ1n) is 11.3. The number of ether oxygens (including phenoxy) is 2. The Bertz CT molecular complexity index is 934. The first-order valence-corrected chi connectivity index (χ1v) is 11.3. The van der Waals surface area contributed by atoms with Crippen molar-refractivity contribution in [1.29, 1.82) is 5.26 Å². The zero-order chi connectivity index (χ0) is 22.9. The summed E-state index contributed by atoms with van der Waals surface area (Å²) in [4.78, 5) is 20.5. The summed E-state index contributed by atoms with van der Waals surface area (Å²) in [5.41, 5.74) is 2.18. The van der Waals surface area contributed by atoms with Gasteiger partial charge in [-0.15, -0.1) is 0 Å². The molecule has 6 nitrogen and oxygen atoms in total. The van der Waals surface area contributed by atoms with E-state index in [4.69, 9.17) is 9.47 Å². The molecular formula is C25H30FN3O3. The van der Waals surface area contributed by atoms with Crippen LogP contribution in [0, 0.1) is 24.2 Å². The predicted octanol–water partition coefficient (Wildman–Crippen LogP) is 5.33. The topological polar surface area (TPSA) is 85.1 Å². The van der Waals surface area contributed by atoms with Crippen LogP contribution in [-0.2, 0) is 9.53 Å². The van der Waals surface area contributed by atoms with Crippen molar-refractivity contribution in [3.05, 3.63) is 41.7 Å². The lowest BCUT2D eigenvalue weighted by molar-refractivity contribution is -0.157. The number of nitriles is 1. The summed E-state index contributed by atoms with van der Waals surface area (Å²) >= 11 is 0. The number of unbranched alkanes of at least 4 members (excludes halogenated alkanes) is 1. The molecule has 0 amide bonds. The van der Waals surface area contributed by atoms with E-state index in [9.17, 15) is 14.4 Å². The average molecular weight is 440 g/mol. The van der Waals surface area contributed by atoms with E-state index in [1.807, 2.05) is 19.9 Å². The lowest BCUT2D eigenvalue weighted by atomic mass is 9.88. The zero-order valence-corrected chi connectivity index (χ0v) is 18.7. The van der Waals surface area contributed by atoms with E-state index in [1.165, 1.54) is 0 Å². The number of hydrogen-bond donors (Lipinski definition) is 0. The Kier molecular flexibility index (Phi) is 8.55. The fourth-order valence-corrected chi connectivity index (χ4v) is 3.79. The largest absolute Gasteiger partial charge is 0.492 e. The van der Waals surface area contributed by atoms with Gasteiger partial charge in [-0.25, -0.2) is 19.2 Å². The van der Waals surface area contributed by atoms with Gasteiger partial charge in [-0.2, -0.15) is 5.26 Å². The maximum absolute atomic E-state index is 13.8. The second-order valence-electron chi connectivity index (χ2n) is 8.41. The maximum atomic E-state index is 13.8. The molecule has 0 spiro atoms. The van der Waals surface area contributed by atoms with Gasteiger partial charge in [0.25, 0.3) is 0 Å². The molecule has 1 aromatic heterocycles. The second kappa shape index (κ2) is 11.6. The highest BCUT2D eigenvalue weighted by atomic mass is 19.1. The summed E-state index contributed by atoms with van der Waals surface area (Å²) in [6, 6.07) is 7.55. The molecule has 1 saturated carbocycles. The summed E-state index contributed by atoms with van der Waals surface area (Å²) < 4.78 is 25.1. The highest BCUT2D eigenvalue weighted by Crippen LogP contribution is 2.29. The molecular weight excluding hydrogens is 409 g/mol. The standard InChI is InChI=1S/C25H30FN3O3/c1-3-4-5-22(26)25(30)32-21-9-6-18(7-10-21)16-31-23-11-8-19(12-20(23)13-27)24-28-14-17(2)15-29-24/h8,11-12,14-15,18,21-22H,3-7,9-10,16H2,1-2H3/t18?,21?,22-/m0/s1. The predicted molar refractivity (Wildman–Crippen MR) is 119 cm³/mol. The fourth-order valence-electron chi connectivity index (χ4n) is 3.79. The molecule has 0 saturated heterocycles. The first-order chi connectivity index (χ1) is 15.5. The Balaban J connectivity index is 1.49. The number of aromatic nitrogens is 2. The van der Waals surface area contributed by atoms with Gasteiger partial charge in [0, 0.05) is 18.0 Å². The van der Waals surface area contributed by atoms with Crippen LogP contribution >= 0.6 is 0 Å². The van der Waals surface area contributed by atoms with Crippen molar-refractivity contribution < 1.29 is 18.7 Å². The number of halogens is 1. The minimum atomic E-state index is -1.52. The van der Waals surface area contributed by atoms with E-state index >= 15 is 0 Å². The van der Waals surface area contributed by atoms with Gasteiger partial charge in [0.05, 0.1) is 12.2 Å². The third kappa shape index (κ3) is 6.49. The molecule has 1 atom stereocenters. The Morgan fingerprint density at radius 3 is 2.62 bits per heavy atom. The van der Waals surface area contributed by atoms with Crippen LogP contribution in [0.25, 0.3) is 11.4 Å². The van der Waals surface area contributed by atoms with Gasteiger partial charge in [0.2, 0.25) is 0 Å². The van der Waals surface area contributed by atoms with E-state index in [0.717, 1.165) is 30.4 Å². The molecule has 0 bridgehead atoms. The Morgan fingerprint density at radius 2 is 1.97 bits per heavy atom.